The molecule has 2 aliphatic heterocycles. The number of benzene rings is 1. The number of morpholine rings is 1. The molecule has 0 bridgehead atoms. The molecule has 2 N–H and O–H groups in total. The van der Waals surface area contributed by atoms with Crippen molar-refractivity contribution in [2.24, 2.45) is 0 Å². The fraction of sp³-hybridized carbons (Fsp3) is 0.548. The number of ether oxygens (including phenoxy) is 2. The number of piperazine rings is 1. The first-order valence-electron chi connectivity index (χ1n) is 16.1. The average molecular weight is 710 g/mol. The van der Waals surface area contributed by atoms with E-state index in [1.807, 2.05) is 4.90 Å². The number of aromatic nitrogens is 4. The second-order valence-corrected chi connectivity index (χ2v) is 12.7. The van der Waals surface area contributed by atoms with Gasteiger partial charge >= 0.3 is 12.3 Å². The molecule has 272 valence electrons. The van der Waals surface area contributed by atoms with Gasteiger partial charge < -0.3 is 39.4 Å². The summed E-state index contributed by atoms with van der Waals surface area (Å²) in [6, 6.07) is 1.80. The Balaban J connectivity index is 1.42. The Bertz CT molecular complexity index is 1810. The zero-order chi connectivity index (χ0) is 36.4. The van der Waals surface area contributed by atoms with Gasteiger partial charge in [0.25, 0.3) is 5.56 Å². The molecule has 3 amide bonds. The minimum atomic E-state index is -4.76. The Kier molecular flexibility index (Phi) is 10.5. The van der Waals surface area contributed by atoms with Crippen LogP contribution in [0.15, 0.2) is 23.0 Å². The van der Waals surface area contributed by atoms with Crippen molar-refractivity contribution in [2.75, 3.05) is 74.1 Å². The predicted molar refractivity (Wildman–Crippen MR) is 173 cm³/mol. The first-order chi connectivity index (χ1) is 23.6. The van der Waals surface area contributed by atoms with Gasteiger partial charge in [0.2, 0.25) is 23.5 Å². The van der Waals surface area contributed by atoms with Crippen molar-refractivity contribution in [3.05, 3.63) is 45.6 Å². The number of anilines is 3. The third-order valence-corrected chi connectivity index (χ3v) is 8.05. The normalized spacial score (nSPS) is 15.7. The summed E-state index contributed by atoms with van der Waals surface area (Å²) < 4.78 is 67.0. The molecule has 1 aromatic carbocycles. The summed E-state index contributed by atoms with van der Waals surface area (Å²) in [5.41, 5.74) is -2.23. The molecule has 5 rings (SSSR count). The molecule has 0 unspecified atom stereocenters. The fourth-order valence-corrected chi connectivity index (χ4v) is 5.70. The van der Waals surface area contributed by atoms with E-state index in [4.69, 9.17) is 9.47 Å². The lowest BCUT2D eigenvalue weighted by molar-refractivity contribution is -0.137. The Hall–Kier alpha value is -4.94. The third-order valence-electron chi connectivity index (χ3n) is 8.05. The van der Waals surface area contributed by atoms with Crippen LogP contribution in [0.2, 0.25) is 0 Å². The van der Waals surface area contributed by atoms with Gasteiger partial charge in [-0.1, -0.05) is 6.92 Å². The number of carbonyl (C=O) groups is 3. The number of hydrogen-bond acceptors (Lipinski definition) is 10. The van der Waals surface area contributed by atoms with Crippen molar-refractivity contribution in [1.29, 1.82) is 0 Å². The predicted octanol–water partition coefficient (Wildman–Crippen LogP) is 2.26. The minimum Gasteiger partial charge on any atom is -0.444 e. The second-order valence-electron chi connectivity index (χ2n) is 12.7. The van der Waals surface area contributed by atoms with Crippen molar-refractivity contribution >= 4 is 41.0 Å². The molecule has 2 saturated heterocycles. The smallest absolute Gasteiger partial charge is 0.416 e. The summed E-state index contributed by atoms with van der Waals surface area (Å²) in [4.78, 5) is 62.0. The number of halogens is 4. The van der Waals surface area contributed by atoms with Crippen LogP contribution in [-0.4, -0.2) is 107 Å². The number of nitrogens with one attached hydrogen (secondary N) is 2. The van der Waals surface area contributed by atoms with E-state index in [1.54, 1.807) is 37.5 Å². The lowest BCUT2D eigenvalue weighted by Crippen LogP contribution is -2.53. The third kappa shape index (κ3) is 8.26. The second kappa shape index (κ2) is 14.5. The van der Waals surface area contributed by atoms with Crippen molar-refractivity contribution in [1.82, 2.24) is 29.4 Å². The van der Waals surface area contributed by atoms with E-state index in [0.29, 0.717) is 44.1 Å². The SMILES string of the molecule is CCc1c(N2CCN(C(=O)CNC(=O)OC(C)(C)C)CC2)c(=O)n2nc(N3CCOCC3)nc2n1CC(=O)Nc1ccc(C(F)(F)F)cc1F. The summed E-state index contributed by atoms with van der Waals surface area (Å²) in [5, 5.41) is 9.25. The quantitative estimate of drug-likeness (QED) is 0.333. The number of carbonyl (C=O) groups excluding carboxylic acids is 3. The lowest BCUT2D eigenvalue weighted by Gasteiger charge is -2.36. The molecular weight excluding hydrogens is 670 g/mol. The van der Waals surface area contributed by atoms with Crippen LogP contribution in [0.4, 0.5) is 39.7 Å². The molecule has 0 spiro atoms. The van der Waals surface area contributed by atoms with Crippen LogP contribution in [0.1, 0.15) is 39.0 Å². The minimum absolute atomic E-state index is 0.0437. The van der Waals surface area contributed by atoms with Crippen LogP contribution in [-0.2, 0) is 38.2 Å². The zero-order valence-corrected chi connectivity index (χ0v) is 28.1. The Morgan fingerprint density at radius 3 is 2.28 bits per heavy atom. The summed E-state index contributed by atoms with van der Waals surface area (Å²) in [6.07, 6.45) is -5.24. The molecule has 0 atom stereocenters. The molecule has 4 heterocycles. The van der Waals surface area contributed by atoms with Crippen LogP contribution >= 0.6 is 0 Å². The van der Waals surface area contributed by atoms with Gasteiger partial charge in [-0.25, -0.2) is 9.18 Å². The summed E-state index contributed by atoms with van der Waals surface area (Å²) in [6.45, 7) is 8.83. The number of alkyl carbamates (subject to hydrolysis) is 1. The summed E-state index contributed by atoms with van der Waals surface area (Å²) in [7, 11) is 0. The van der Waals surface area contributed by atoms with Gasteiger partial charge in [0.1, 0.15) is 30.2 Å². The Morgan fingerprint density at radius 2 is 1.68 bits per heavy atom. The maximum atomic E-state index is 14.6. The molecule has 0 radical (unpaired) electrons. The van der Waals surface area contributed by atoms with E-state index in [2.05, 4.69) is 20.7 Å². The van der Waals surface area contributed by atoms with Crippen molar-refractivity contribution in [3.8, 4) is 0 Å². The highest BCUT2D eigenvalue weighted by Crippen LogP contribution is 2.31. The van der Waals surface area contributed by atoms with Crippen LogP contribution in [0.3, 0.4) is 0 Å². The molecule has 15 nitrogen and oxygen atoms in total. The van der Waals surface area contributed by atoms with Crippen LogP contribution in [0.25, 0.3) is 5.78 Å². The van der Waals surface area contributed by atoms with E-state index in [9.17, 15) is 36.7 Å². The fourth-order valence-electron chi connectivity index (χ4n) is 5.70. The Labute approximate surface area is 284 Å². The van der Waals surface area contributed by atoms with E-state index < -0.39 is 52.9 Å². The number of alkyl halides is 3. The van der Waals surface area contributed by atoms with Crippen LogP contribution < -0.4 is 26.0 Å². The topological polar surface area (TPSA) is 156 Å². The molecular formula is C31H39F4N9O6. The number of fused-ring (bicyclic) bond motifs is 1. The van der Waals surface area contributed by atoms with E-state index >= 15 is 0 Å². The van der Waals surface area contributed by atoms with Gasteiger partial charge in [0, 0.05) is 39.3 Å². The van der Waals surface area contributed by atoms with Gasteiger partial charge in [-0.2, -0.15) is 22.7 Å². The lowest BCUT2D eigenvalue weighted by atomic mass is 10.2. The number of amides is 3. The summed E-state index contributed by atoms with van der Waals surface area (Å²) in [5.74, 6) is -2.10. The molecule has 2 fully saturated rings. The first kappa shape index (κ1) is 36.3. The van der Waals surface area contributed by atoms with E-state index in [-0.39, 0.29) is 62.5 Å². The van der Waals surface area contributed by atoms with E-state index in [0.717, 1.165) is 10.6 Å². The first-order valence-corrected chi connectivity index (χ1v) is 16.1. The van der Waals surface area contributed by atoms with Gasteiger partial charge in [-0.15, -0.1) is 5.10 Å². The van der Waals surface area contributed by atoms with Crippen LogP contribution in [0, 0.1) is 5.82 Å². The maximum absolute atomic E-state index is 14.6. The number of rotatable bonds is 8. The van der Waals surface area contributed by atoms with Crippen LogP contribution in [0.5, 0.6) is 0 Å². The van der Waals surface area contributed by atoms with E-state index in [1.165, 1.54) is 4.57 Å². The molecule has 2 aromatic heterocycles. The average Bonchev–Trinajstić information content (AvgIpc) is 3.51. The summed E-state index contributed by atoms with van der Waals surface area (Å²) >= 11 is 0. The molecule has 50 heavy (non-hydrogen) atoms. The highest BCUT2D eigenvalue weighted by atomic mass is 19.4. The molecule has 3 aromatic rings. The Morgan fingerprint density at radius 1 is 1.00 bits per heavy atom. The van der Waals surface area contributed by atoms with Crippen molar-refractivity contribution in [2.45, 2.75) is 52.4 Å². The molecule has 19 heteroatoms. The highest BCUT2D eigenvalue weighted by Gasteiger charge is 2.32. The monoisotopic (exact) mass is 709 g/mol. The highest BCUT2D eigenvalue weighted by molar-refractivity contribution is 5.91. The largest absolute Gasteiger partial charge is 0.444 e. The number of hydrogen-bond donors (Lipinski definition) is 2. The molecule has 0 aliphatic carbocycles. The van der Waals surface area contributed by atoms with Gasteiger partial charge in [0.15, 0.2) is 0 Å². The van der Waals surface area contributed by atoms with Gasteiger partial charge in [-0.05, 0) is 45.4 Å². The number of nitrogens with zero attached hydrogens (tertiary/aromatic N) is 7. The van der Waals surface area contributed by atoms with Crippen molar-refractivity contribution in [3.63, 3.8) is 0 Å². The molecule has 0 saturated carbocycles. The molecule has 2 aliphatic rings. The standard InChI is InChI=1S/C31H39F4N9O6/c1-5-22-25(41-10-8-40(9-11-41)24(46)17-36-29(48)50-30(2,3)4)26(47)44-28(38-27(39-44)42-12-14-49-15-13-42)43(22)18-23(45)37-21-7-6-19(16-20(21)32)31(33,34)35/h6-7,16H,5,8-15,17-18H2,1-4H3,(H,36,48)(H,37,45). The van der Waals surface area contributed by atoms with Crippen molar-refractivity contribution < 1.29 is 41.4 Å². The van der Waals surface area contributed by atoms with Gasteiger partial charge in [-0.3, -0.25) is 14.4 Å². The van der Waals surface area contributed by atoms with Gasteiger partial charge in [0.05, 0.1) is 30.2 Å². The maximum Gasteiger partial charge on any atom is 0.416 e. The zero-order valence-electron chi connectivity index (χ0n) is 28.1.